The zero-order valence-electron chi connectivity index (χ0n) is 7.91. The zero-order valence-corrected chi connectivity index (χ0v) is 7.91. The molecule has 0 spiro atoms. The van der Waals surface area contributed by atoms with Crippen molar-refractivity contribution >= 4 is 17.8 Å². The number of imide groups is 1. The van der Waals surface area contributed by atoms with E-state index >= 15 is 0 Å². The molecule has 1 heterocycles. The smallest absolute Gasteiger partial charge is 0.246 e. The number of hydrazine groups is 1. The van der Waals surface area contributed by atoms with Crippen LogP contribution in [0.2, 0.25) is 0 Å². The highest BCUT2D eigenvalue weighted by atomic mass is 16.2. The maximum Gasteiger partial charge on any atom is 0.246 e. The number of carbonyl (C=O) groups excluding carboxylic acids is 2. The summed E-state index contributed by atoms with van der Waals surface area (Å²) in [6.07, 6.45) is 0. The third kappa shape index (κ3) is 2.43. The molecule has 0 bridgehead atoms. The minimum Gasteiger partial charge on any atom is -0.323 e. The first kappa shape index (κ1) is 10.5. The van der Waals surface area contributed by atoms with Crippen molar-refractivity contribution in [2.45, 2.75) is 6.92 Å². The maximum atomic E-state index is 11.0. The number of hydrogen-bond donors (Lipinski definition) is 3. The van der Waals surface area contributed by atoms with Crippen LogP contribution in [0.4, 0.5) is 0 Å². The SMILES string of the molecule is CCN=C(NN)N1CC(=O)NC(=O)C1. The van der Waals surface area contributed by atoms with Crippen LogP contribution in [0.25, 0.3) is 0 Å². The second-order valence-corrected chi connectivity index (χ2v) is 2.77. The minimum atomic E-state index is -0.347. The molecule has 0 aliphatic carbocycles. The summed E-state index contributed by atoms with van der Waals surface area (Å²) in [5.41, 5.74) is 2.36. The highest BCUT2D eigenvalue weighted by Crippen LogP contribution is 1.95. The predicted molar refractivity (Wildman–Crippen MR) is 50.0 cm³/mol. The molecule has 0 radical (unpaired) electrons. The van der Waals surface area contributed by atoms with Gasteiger partial charge in [-0.3, -0.25) is 25.3 Å². The Morgan fingerprint density at radius 2 is 2.14 bits per heavy atom. The van der Waals surface area contributed by atoms with Crippen LogP contribution in [0.15, 0.2) is 4.99 Å². The lowest BCUT2D eigenvalue weighted by Crippen LogP contribution is -2.57. The number of hydrogen-bond acceptors (Lipinski definition) is 4. The fraction of sp³-hybridized carbons (Fsp3) is 0.571. The van der Waals surface area contributed by atoms with Crippen molar-refractivity contribution < 1.29 is 9.59 Å². The molecule has 0 saturated carbocycles. The standard InChI is InChI=1S/C7H13N5O2/c1-2-9-7(11-8)12-3-5(13)10-6(14)4-12/h2-4,8H2,1H3,(H,9,11)(H,10,13,14). The van der Waals surface area contributed by atoms with Crippen molar-refractivity contribution in [1.82, 2.24) is 15.6 Å². The van der Waals surface area contributed by atoms with Crippen LogP contribution in [0.5, 0.6) is 0 Å². The van der Waals surface area contributed by atoms with Crippen molar-refractivity contribution in [3.8, 4) is 0 Å². The summed E-state index contributed by atoms with van der Waals surface area (Å²) in [6.45, 7) is 2.55. The molecule has 2 amide bonds. The summed E-state index contributed by atoms with van der Waals surface area (Å²) in [4.78, 5) is 27.5. The summed E-state index contributed by atoms with van der Waals surface area (Å²) in [6, 6.07) is 0. The van der Waals surface area contributed by atoms with Gasteiger partial charge in [0.2, 0.25) is 17.8 Å². The second-order valence-electron chi connectivity index (χ2n) is 2.77. The number of nitrogens with two attached hydrogens (primary N) is 1. The van der Waals surface area contributed by atoms with Crippen LogP contribution < -0.4 is 16.6 Å². The molecule has 1 aliphatic rings. The molecule has 4 N–H and O–H groups in total. The van der Waals surface area contributed by atoms with E-state index in [2.05, 4.69) is 15.7 Å². The fourth-order valence-electron chi connectivity index (χ4n) is 1.17. The van der Waals surface area contributed by atoms with E-state index in [-0.39, 0.29) is 24.9 Å². The van der Waals surface area contributed by atoms with E-state index < -0.39 is 0 Å². The van der Waals surface area contributed by atoms with Crippen LogP contribution in [0.1, 0.15) is 6.92 Å². The number of nitrogens with zero attached hydrogens (tertiary/aromatic N) is 2. The Balaban J connectivity index is 2.70. The zero-order chi connectivity index (χ0) is 10.6. The van der Waals surface area contributed by atoms with E-state index in [1.807, 2.05) is 6.92 Å². The number of amides is 2. The molecule has 1 saturated heterocycles. The van der Waals surface area contributed by atoms with Crippen LogP contribution in [-0.2, 0) is 9.59 Å². The van der Waals surface area contributed by atoms with Gasteiger partial charge in [0.05, 0.1) is 0 Å². The summed E-state index contributed by atoms with van der Waals surface area (Å²) in [5, 5.41) is 2.19. The van der Waals surface area contributed by atoms with E-state index in [1.54, 1.807) is 0 Å². The van der Waals surface area contributed by atoms with Crippen molar-refractivity contribution in [2.24, 2.45) is 10.8 Å². The van der Waals surface area contributed by atoms with Gasteiger partial charge in [-0.2, -0.15) is 0 Å². The largest absolute Gasteiger partial charge is 0.323 e. The average Bonchev–Trinajstić information content (AvgIpc) is 2.12. The molecular formula is C7H13N5O2. The first-order valence-corrected chi connectivity index (χ1v) is 4.26. The fourth-order valence-corrected chi connectivity index (χ4v) is 1.17. The van der Waals surface area contributed by atoms with E-state index in [1.165, 1.54) is 4.90 Å². The molecule has 0 atom stereocenters. The molecule has 1 rings (SSSR count). The monoisotopic (exact) mass is 199 g/mol. The molecule has 14 heavy (non-hydrogen) atoms. The number of nitrogens with one attached hydrogen (secondary N) is 2. The summed E-state index contributed by atoms with van der Waals surface area (Å²) in [5.74, 6) is 4.88. The maximum absolute atomic E-state index is 11.0. The van der Waals surface area contributed by atoms with E-state index in [4.69, 9.17) is 5.84 Å². The lowest BCUT2D eigenvalue weighted by atomic mass is 10.3. The Kier molecular flexibility index (Phi) is 3.41. The van der Waals surface area contributed by atoms with Gasteiger partial charge in [0, 0.05) is 6.54 Å². The van der Waals surface area contributed by atoms with Gasteiger partial charge < -0.3 is 4.90 Å². The van der Waals surface area contributed by atoms with Gasteiger partial charge in [-0.1, -0.05) is 0 Å². The van der Waals surface area contributed by atoms with Crippen LogP contribution in [0, 0.1) is 0 Å². The molecule has 78 valence electrons. The lowest BCUT2D eigenvalue weighted by Gasteiger charge is -2.27. The summed E-state index contributed by atoms with van der Waals surface area (Å²) < 4.78 is 0. The van der Waals surface area contributed by atoms with Gasteiger partial charge in [-0.25, -0.2) is 5.84 Å². The Bertz CT molecular complexity index is 259. The average molecular weight is 199 g/mol. The molecular weight excluding hydrogens is 186 g/mol. The minimum absolute atomic E-state index is 0.0920. The van der Waals surface area contributed by atoms with Gasteiger partial charge in [-0.05, 0) is 6.92 Å². The number of rotatable bonds is 1. The molecule has 0 aromatic heterocycles. The molecule has 7 nitrogen and oxygen atoms in total. The number of carbonyl (C=O) groups is 2. The Labute approximate surface area is 81.3 Å². The highest BCUT2D eigenvalue weighted by Gasteiger charge is 2.24. The first-order valence-electron chi connectivity index (χ1n) is 4.26. The van der Waals surface area contributed by atoms with Gasteiger partial charge in [0.25, 0.3) is 0 Å². The van der Waals surface area contributed by atoms with Crippen molar-refractivity contribution in [2.75, 3.05) is 19.6 Å². The van der Waals surface area contributed by atoms with E-state index in [0.29, 0.717) is 12.5 Å². The molecule has 1 fully saturated rings. The lowest BCUT2D eigenvalue weighted by molar-refractivity contribution is -0.134. The molecule has 0 unspecified atom stereocenters. The van der Waals surface area contributed by atoms with Gasteiger partial charge in [-0.15, -0.1) is 0 Å². The predicted octanol–water partition coefficient (Wildman–Crippen LogP) is -2.22. The van der Waals surface area contributed by atoms with Crippen molar-refractivity contribution in [1.29, 1.82) is 0 Å². The van der Waals surface area contributed by atoms with Crippen LogP contribution in [0.3, 0.4) is 0 Å². The van der Waals surface area contributed by atoms with Gasteiger partial charge in [0.15, 0.2) is 0 Å². The third-order valence-electron chi connectivity index (χ3n) is 1.68. The normalized spacial score (nSPS) is 18.1. The van der Waals surface area contributed by atoms with Gasteiger partial charge >= 0.3 is 0 Å². The Morgan fingerprint density at radius 3 is 2.57 bits per heavy atom. The van der Waals surface area contributed by atoms with Crippen molar-refractivity contribution in [3.05, 3.63) is 0 Å². The highest BCUT2D eigenvalue weighted by molar-refractivity contribution is 6.02. The molecule has 1 aliphatic heterocycles. The number of piperazine rings is 1. The summed E-state index contributed by atoms with van der Waals surface area (Å²) in [7, 11) is 0. The van der Waals surface area contributed by atoms with Crippen molar-refractivity contribution in [3.63, 3.8) is 0 Å². The van der Waals surface area contributed by atoms with E-state index in [0.717, 1.165) is 0 Å². The van der Waals surface area contributed by atoms with Gasteiger partial charge in [0.1, 0.15) is 13.1 Å². The number of aliphatic imine (C=N–C) groups is 1. The molecule has 7 heteroatoms. The molecule has 0 aromatic rings. The Hall–Kier alpha value is -1.63. The topological polar surface area (TPSA) is 99.8 Å². The quantitative estimate of drug-likeness (QED) is 0.146. The third-order valence-corrected chi connectivity index (χ3v) is 1.68. The first-order chi connectivity index (χ1) is 6.67. The second kappa shape index (κ2) is 4.56. The summed E-state index contributed by atoms with van der Waals surface area (Å²) >= 11 is 0. The van der Waals surface area contributed by atoms with E-state index in [9.17, 15) is 9.59 Å². The number of guanidine groups is 1. The molecule has 0 aromatic carbocycles. The van der Waals surface area contributed by atoms with Crippen LogP contribution >= 0.6 is 0 Å². The van der Waals surface area contributed by atoms with Crippen LogP contribution in [-0.4, -0.2) is 42.3 Å². The Morgan fingerprint density at radius 1 is 1.57 bits per heavy atom.